The Hall–Kier alpha value is -1.94. The lowest BCUT2D eigenvalue weighted by Crippen LogP contribution is -1.89. The molecule has 0 saturated heterocycles. The molecule has 0 aliphatic rings. The van der Waals surface area contributed by atoms with Crippen molar-refractivity contribution in [3.8, 4) is 10.8 Å². The lowest BCUT2D eigenvalue weighted by molar-refractivity contribution is 0.102. The van der Waals surface area contributed by atoms with E-state index in [0.717, 1.165) is 27.4 Å². The first-order valence-electron chi connectivity index (χ1n) is 5.62. The average molecular weight is 257 g/mol. The maximum absolute atomic E-state index is 11.4. The van der Waals surface area contributed by atoms with Crippen LogP contribution in [0.3, 0.4) is 0 Å². The number of aryl methyl sites for hydroxylation is 1. The van der Waals surface area contributed by atoms with Gasteiger partial charge in [0.15, 0.2) is 16.6 Å². The van der Waals surface area contributed by atoms with Gasteiger partial charge in [-0.15, -0.1) is 11.3 Å². The molecular formula is C14H11NO2S. The lowest BCUT2D eigenvalue weighted by atomic mass is 10.2. The van der Waals surface area contributed by atoms with Crippen LogP contribution in [0.1, 0.15) is 22.3 Å². The number of carbonyl (C=O) groups is 1. The Morgan fingerprint density at radius 1 is 1.33 bits per heavy atom. The van der Waals surface area contributed by atoms with Crippen LogP contribution in [0, 0.1) is 6.92 Å². The normalized spacial score (nSPS) is 11.0. The van der Waals surface area contributed by atoms with Crippen LogP contribution in [0.2, 0.25) is 0 Å². The number of thiazole rings is 1. The number of nitrogens with zero attached hydrogens (tertiary/aromatic N) is 1. The maximum Gasteiger partial charge on any atom is 0.171 e. The number of Topliss-reactive ketones (excluding diaryl/α,β-unsaturated/α-hetero) is 1. The molecule has 0 fully saturated rings. The topological polar surface area (TPSA) is 43.1 Å². The second kappa shape index (κ2) is 4.07. The first-order valence-corrected chi connectivity index (χ1v) is 6.44. The molecule has 0 aliphatic carbocycles. The summed E-state index contributed by atoms with van der Waals surface area (Å²) in [6.07, 6.45) is 0. The number of carbonyl (C=O) groups excluding carboxylic acids is 1. The van der Waals surface area contributed by atoms with Gasteiger partial charge in [-0.25, -0.2) is 4.98 Å². The zero-order valence-corrected chi connectivity index (χ0v) is 10.9. The van der Waals surface area contributed by atoms with Crippen LogP contribution in [0.15, 0.2) is 34.7 Å². The highest BCUT2D eigenvalue weighted by Gasteiger charge is 2.15. The van der Waals surface area contributed by atoms with Crippen LogP contribution >= 0.6 is 11.3 Å². The molecule has 3 aromatic rings. The van der Waals surface area contributed by atoms with E-state index in [0.29, 0.717) is 4.88 Å². The van der Waals surface area contributed by atoms with E-state index >= 15 is 0 Å². The summed E-state index contributed by atoms with van der Waals surface area (Å²) in [6.45, 7) is 3.41. The molecule has 0 aliphatic heterocycles. The van der Waals surface area contributed by atoms with Crippen molar-refractivity contribution in [2.45, 2.75) is 13.8 Å². The Morgan fingerprint density at radius 2 is 2.11 bits per heavy atom. The largest absolute Gasteiger partial charge is 0.454 e. The number of ketones is 1. The van der Waals surface area contributed by atoms with Crippen LogP contribution in [-0.4, -0.2) is 10.8 Å². The Balaban J connectivity index is 2.14. The molecule has 18 heavy (non-hydrogen) atoms. The van der Waals surface area contributed by atoms with Crippen LogP contribution < -0.4 is 0 Å². The fourth-order valence-corrected chi connectivity index (χ4v) is 2.83. The number of furan rings is 1. The van der Waals surface area contributed by atoms with Crippen molar-refractivity contribution >= 4 is 28.1 Å². The van der Waals surface area contributed by atoms with Crippen LogP contribution in [-0.2, 0) is 0 Å². The van der Waals surface area contributed by atoms with Crippen molar-refractivity contribution in [2.24, 2.45) is 0 Å². The van der Waals surface area contributed by atoms with Gasteiger partial charge in [0, 0.05) is 12.3 Å². The van der Waals surface area contributed by atoms with Gasteiger partial charge in [-0.1, -0.05) is 18.2 Å². The Morgan fingerprint density at radius 3 is 2.78 bits per heavy atom. The quantitative estimate of drug-likeness (QED) is 0.650. The summed E-state index contributed by atoms with van der Waals surface area (Å²) in [6, 6.07) is 9.77. The molecule has 90 valence electrons. The molecule has 0 spiro atoms. The van der Waals surface area contributed by atoms with Crippen LogP contribution in [0.4, 0.5) is 0 Å². The summed E-state index contributed by atoms with van der Waals surface area (Å²) in [5.74, 6) is 0.768. The second-order valence-corrected chi connectivity index (χ2v) is 5.14. The van der Waals surface area contributed by atoms with E-state index in [-0.39, 0.29) is 5.78 Å². The lowest BCUT2D eigenvalue weighted by Gasteiger charge is -1.86. The summed E-state index contributed by atoms with van der Waals surface area (Å²) in [5.41, 5.74) is 1.60. The van der Waals surface area contributed by atoms with Gasteiger partial charge in [0.1, 0.15) is 5.58 Å². The Kier molecular flexibility index (Phi) is 2.52. The van der Waals surface area contributed by atoms with Gasteiger partial charge < -0.3 is 4.42 Å². The molecule has 0 atom stereocenters. The van der Waals surface area contributed by atoms with E-state index in [1.54, 1.807) is 6.92 Å². The standard InChI is InChI=1S/C14H11NO2S/c1-8-13(9(2)16)18-14(15-8)12-7-10-5-3-4-6-11(10)17-12/h3-7H,1-2H3. The van der Waals surface area contributed by atoms with Crippen LogP contribution in [0.25, 0.3) is 21.7 Å². The molecule has 1 aromatic carbocycles. The third kappa shape index (κ3) is 1.75. The van der Waals surface area contributed by atoms with Crippen molar-refractivity contribution < 1.29 is 9.21 Å². The first kappa shape index (κ1) is 11.2. The number of benzene rings is 1. The highest BCUT2D eigenvalue weighted by molar-refractivity contribution is 7.17. The number of aromatic nitrogens is 1. The highest BCUT2D eigenvalue weighted by Crippen LogP contribution is 2.32. The van der Waals surface area contributed by atoms with E-state index < -0.39 is 0 Å². The minimum absolute atomic E-state index is 0.0485. The molecule has 0 saturated carbocycles. The molecule has 0 unspecified atom stereocenters. The number of para-hydroxylation sites is 1. The molecular weight excluding hydrogens is 246 g/mol. The smallest absolute Gasteiger partial charge is 0.171 e. The minimum atomic E-state index is 0.0485. The minimum Gasteiger partial charge on any atom is -0.454 e. The fraction of sp³-hybridized carbons (Fsp3) is 0.143. The van der Waals surface area contributed by atoms with E-state index in [2.05, 4.69) is 4.98 Å². The van der Waals surface area contributed by atoms with Crippen molar-refractivity contribution in [1.29, 1.82) is 0 Å². The van der Waals surface area contributed by atoms with Gasteiger partial charge in [0.05, 0.1) is 10.6 Å². The van der Waals surface area contributed by atoms with Gasteiger partial charge >= 0.3 is 0 Å². The summed E-state index contributed by atoms with van der Waals surface area (Å²) in [4.78, 5) is 16.5. The molecule has 0 radical (unpaired) electrons. The van der Waals surface area contributed by atoms with Gasteiger partial charge in [0.25, 0.3) is 0 Å². The van der Waals surface area contributed by atoms with E-state index in [1.165, 1.54) is 11.3 Å². The molecule has 3 nitrogen and oxygen atoms in total. The van der Waals surface area contributed by atoms with Gasteiger partial charge in [0.2, 0.25) is 0 Å². The second-order valence-electron chi connectivity index (χ2n) is 4.14. The number of rotatable bonds is 2. The third-order valence-electron chi connectivity index (χ3n) is 2.75. The van der Waals surface area contributed by atoms with Gasteiger partial charge in [-0.3, -0.25) is 4.79 Å². The van der Waals surface area contributed by atoms with E-state index in [4.69, 9.17) is 4.42 Å². The van der Waals surface area contributed by atoms with Crippen molar-refractivity contribution in [3.63, 3.8) is 0 Å². The number of hydrogen-bond acceptors (Lipinski definition) is 4. The summed E-state index contributed by atoms with van der Waals surface area (Å²) >= 11 is 1.38. The molecule has 2 heterocycles. The monoisotopic (exact) mass is 257 g/mol. The molecule has 0 bridgehead atoms. The first-order chi connectivity index (χ1) is 8.65. The molecule has 0 amide bonds. The molecule has 4 heteroatoms. The highest BCUT2D eigenvalue weighted by atomic mass is 32.1. The summed E-state index contributed by atoms with van der Waals surface area (Å²) in [7, 11) is 0. The SMILES string of the molecule is CC(=O)c1sc(-c2cc3ccccc3o2)nc1C. The van der Waals surface area contributed by atoms with Gasteiger partial charge in [-0.2, -0.15) is 0 Å². The van der Waals surface area contributed by atoms with Crippen molar-refractivity contribution in [3.05, 3.63) is 40.9 Å². The third-order valence-corrected chi connectivity index (χ3v) is 4.03. The van der Waals surface area contributed by atoms with Crippen molar-refractivity contribution in [1.82, 2.24) is 4.98 Å². The maximum atomic E-state index is 11.4. The predicted molar refractivity (Wildman–Crippen MR) is 72.1 cm³/mol. The fourth-order valence-electron chi connectivity index (χ4n) is 1.92. The van der Waals surface area contributed by atoms with E-state index in [9.17, 15) is 4.79 Å². The predicted octanol–water partition coefficient (Wildman–Crippen LogP) is 4.07. The summed E-state index contributed by atoms with van der Waals surface area (Å²) < 4.78 is 5.74. The Bertz CT molecular complexity index is 706. The molecule has 2 aromatic heterocycles. The molecule has 0 N–H and O–H groups in total. The molecule has 3 rings (SSSR count). The zero-order chi connectivity index (χ0) is 12.7. The average Bonchev–Trinajstić information content (AvgIpc) is 2.91. The van der Waals surface area contributed by atoms with Crippen LogP contribution in [0.5, 0.6) is 0 Å². The number of hydrogen-bond donors (Lipinski definition) is 0. The number of fused-ring (bicyclic) bond motifs is 1. The van der Waals surface area contributed by atoms with E-state index in [1.807, 2.05) is 37.3 Å². The zero-order valence-electron chi connectivity index (χ0n) is 10.1. The summed E-state index contributed by atoms with van der Waals surface area (Å²) in [5, 5.41) is 1.80. The van der Waals surface area contributed by atoms with Gasteiger partial charge in [-0.05, 0) is 19.1 Å². The Labute approximate surface area is 108 Å². The van der Waals surface area contributed by atoms with Crippen molar-refractivity contribution in [2.75, 3.05) is 0 Å².